The Morgan fingerprint density at radius 2 is 1.68 bits per heavy atom. The number of carbonyl (C=O) groups is 3. The molecule has 3 atom stereocenters. The fourth-order valence-corrected chi connectivity index (χ4v) is 2.07. The van der Waals surface area contributed by atoms with Crippen molar-refractivity contribution in [1.82, 2.24) is 4.90 Å². The number of esters is 2. The van der Waals surface area contributed by atoms with Crippen LogP contribution in [-0.2, 0) is 23.9 Å². The number of ether oxygens (including phenoxy) is 2. The molecule has 0 aliphatic carbocycles. The molecule has 0 saturated carbocycles. The number of nitrogens with zero attached hydrogens (tertiary/aromatic N) is 1. The molecule has 1 fully saturated rings. The number of rotatable bonds is 4. The fraction of sp³-hybridized carbons (Fsp3) is 0.769. The first-order valence-corrected chi connectivity index (χ1v) is 7.13. The van der Waals surface area contributed by atoms with Gasteiger partial charge >= 0.3 is 30.2 Å². The Morgan fingerprint density at radius 3 is 2.12 bits per heavy atom. The summed E-state index contributed by atoms with van der Waals surface area (Å²) in [6.45, 7) is 2.07. The summed E-state index contributed by atoms with van der Waals surface area (Å²) in [5.74, 6) is -6.26. The first-order valence-electron chi connectivity index (χ1n) is 7.13. The summed E-state index contributed by atoms with van der Waals surface area (Å²) in [6, 6.07) is -1.80. The normalized spacial score (nSPS) is 22.5. The Kier molecular flexibility index (Phi) is 6.29. The van der Waals surface area contributed by atoms with Gasteiger partial charge in [-0.3, -0.25) is 4.79 Å². The van der Waals surface area contributed by atoms with E-state index in [1.807, 2.05) is 0 Å². The Hall–Kier alpha value is -2.01. The highest BCUT2D eigenvalue weighted by molar-refractivity contribution is 5.88. The second kappa shape index (κ2) is 7.48. The lowest BCUT2D eigenvalue weighted by Gasteiger charge is -2.24. The zero-order valence-corrected chi connectivity index (χ0v) is 13.1. The van der Waals surface area contributed by atoms with E-state index < -0.39 is 61.4 Å². The molecule has 0 aromatic rings. The molecule has 0 spiro atoms. The highest BCUT2D eigenvalue weighted by atomic mass is 19.4. The van der Waals surface area contributed by atoms with Crippen LogP contribution >= 0.6 is 0 Å². The molecular formula is C13H15F6NO5. The summed E-state index contributed by atoms with van der Waals surface area (Å²) in [7, 11) is 0. The highest BCUT2D eigenvalue weighted by Crippen LogP contribution is 2.29. The van der Waals surface area contributed by atoms with E-state index in [9.17, 15) is 40.7 Å². The fourth-order valence-electron chi connectivity index (χ4n) is 2.07. The monoisotopic (exact) mass is 379 g/mol. The Bertz CT molecular complexity index is 532. The van der Waals surface area contributed by atoms with Crippen LogP contribution in [0, 0.1) is 0 Å². The summed E-state index contributed by atoms with van der Waals surface area (Å²) >= 11 is 0. The first kappa shape index (κ1) is 21.0. The molecule has 25 heavy (non-hydrogen) atoms. The van der Waals surface area contributed by atoms with Crippen molar-refractivity contribution in [1.29, 1.82) is 0 Å². The summed E-state index contributed by atoms with van der Waals surface area (Å²) in [4.78, 5) is 34.2. The number of likely N-dealkylation sites (tertiary alicyclic amines) is 1. The van der Waals surface area contributed by atoms with Crippen molar-refractivity contribution in [3.63, 3.8) is 0 Å². The Balaban J connectivity index is 2.95. The van der Waals surface area contributed by atoms with Crippen molar-refractivity contribution >= 4 is 17.8 Å². The lowest BCUT2D eigenvalue weighted by Crippen LogP contribution is -2.48. The van der Waals surface area contributed by atoms with Gasteiger partial charge in [0.15, 0.2) is 0 Å². The molecular weight excluding hydrogens is 364 g/mol. The van der Waals surface area contributed by atoms with Crippen LogP contribution in [-0.4, -0.2) is 59.9 Å². The predicted octanol–water partition coefficient (Wildman–Crippen LogP) is 1.97. The molecule has 1 saturated heterocycles. The van der Waals surface area contributed by atoms with Gasteiger partial charge in [-0.05, 0) is 13.3 Å². The summed E-state index contributed by atoms with van der Waals surface area (Å²) in [5.41, 5.74) is 0. The van der Waals surface area contributed by atoms with Crippen LogP contribution < -0.4 is 0 Å². The zero-order valence-electron chi connectivity index (χ0n) is 13.1. The Morgan fingerprint density at radius 1 is 1.12 bits per heavy atom. The lowest BCUT2D eigenvalue weighted by molar-refractivity contribution is -0.204. The molecule has 144 valence electrons. The van der Waals surface area contributed by atoms with E-state index in [0.717, 1.165) is 0 Å². The largest absolute Gasteiger partial charge is 0.490 e. The second-order valence-corrected chi connectivity index (χ2v) is 5.39. The molecule has 0 bridgehead atoms. The van der Waals surface area contributed by atoms with Gasteiger partial charge in [-0.25, -0.2) is 9.59 Å². The number of halogens is 6. The molecule has 0 radical (unpaired) electrons. The molecule has 6 nitrogen and oxygen atoms in total. The van der Waals surface area contributed by atoms with Crippen LogP contribution in [0.3, 0.4) is 0 Å². The van der Waals surface area contributed by atoms with Crippen LogP contribution in [0.5, 0.6) is 0 Å². The minimum absolute atomic E-state index is 0.0129. The van der Waals surface area contributed by atoms with Crippen molar-refractivity contribution in [2.75, 3.05) is 6.54 Å². The van der Waals surface area contributed by atoms with Crippen molar-refractivity contribution in [2.24, 2.45) is 0 Å². The number of amides is 1. The molecule has 0 aromatic carbocycles. The topological polar surface area (TPSA) is 72.9 Å². The average molecular weight is 379 g/mol. The predicted molar refractivity (Wildman–Crippen MR) is 68.0 cm³/mol. The minimum atomic E-state index is -5.35. The van der Waals surface area contributed by atoms with Crippen molar-refractivity contribution in [2.45, 2.75) is 57.3 Å². The van der Waals surface area contributed by atoms with Gasteiger partial charge in [-0.15, -0.1) is 0 Å². The molecule has 1 aliphatic rings. The Labute approximate surface area is 138 Å². The third-order valence-corrected chi connectivity index (χ3v) is 3.44. The number of hydrogen-bond acceptors (Lipinski definition) is 5. The van der Waals surface area contributed by atoms with Crippen LogP contribution in [0.15, 0.2) is 0 Å². The van der Waals surface area contributed by atoms with Crippen molar-refractivity contribution in [3.05, 3.63) is 0 Å². The quantitative estimate of drug-likeness (QED) is 0.552. The molecule has 12 heteroatoms. The molecule has 0 N–H and O–H groups in total. The van der Waals surface area contributed by atoms with E-state index >= 15 is 0 Å². The first-order chi connectivity index (χ1) is 11.3. The minimum Gasteiger partial charge on any atom is -0.461 e. The lowest BCUT2D eigenvalue weighted by atomic mass is 10.2. The van der Waals surface area contributed by atoms with E-state index in [4.69, 9.17) is 4.74 Å². The van der Waals surface area contributed by atoms with Gasteiger partial charge in [-0.2, -0.15) is 26.3 Å². The molecule has 1 amide bonds. The SMILES string of the molecule is CCC(C)OC(=O)C1CC(OC(=O)C(F)(F)F)CN1C(=O)C(F)(F)F. The van der Waals surface area contributed by atoms with Gasteiger partial charge in [0.2, 0.25) is 0 Å². The molecule has 1 heterocycles. The van der Waals surface area contributed by atoms with E-state index in [2.05, 4.69) is 4.74 Å². The standard InChI is InChI=1S/C13H15F6NO5/c1-3-6(2)24-9(21)8-4-7(25-11(23)13(17,18)19)5-20(8)10(22)12(14,15)16/h6-8H,3-5H2,1-2H3. The third kappa shape index (κ3) is 5.49. The van der Waals surface area contributed by atoms with Crippen LogP contribution in [0.25, 0.3) is 0 Å². The van der Waals surface area contributed by atoms with E-state index in [1.54, 1.807) is 6.92 Å². The maximum absolute atomic E-state index is 12.6. The van der Waals surface area contributed by atoms with Gasteiger partial charge in [0.25, 0.3) is 0 Å². The second-order valence-electron chi connectivity index (χ2n) is 5.39. The number of hydrogen-bond donors (Lipinski definition) is 0. The van der Waals surface area contributed by atoms with Crippen molar-refractivity contribution in [3.8, 4) is 0 Å². The zero-order chi connectivity index (χ0) is 19.6. The maximum atomic E-state index is 12.6. The average Bonchev–Trinajstić information content (AvgIpc) is 2.87. The molecule has 3 unspecified atom stereocenters. The smallest absolute Gasteiger partial charge is 0.461 e. The summed E-state index contributed by atoms with van der Waals surface area (Å²) < 4.78 is 83.3. The van der Waals surface area contributed by atoms with Gasteiger partial charge < -0.3 is 14.4 Å². The third-order valence-electron chi connectivity index (χ3n) is 3.44. The van der Waals surface area contributed by atoms with E-state index in [-0.39, 0.29) is 4.90 Å². The summed E-state index contributed by atoms with van der Waals surface area (Å²) in [5, 5.41) is 0. The van der Waals surface area contributed by atoms with Crippen molar-refractivity contribution < 1.29 is 50.2 Å². The van der Waals surface area contributed by atoms with E-state index in [0.29, 0.717) is 6.42 Å². The van der Waals surface area contributed by atoms with Crippen LogP contribution in [0.2, 0.25) is 0 Å². The molecule has 1 rings (SSSR count). The molecule has 0 aromatic heterocycles. The molecule has 1 aliphatic heterocycles. The van der Waals surface area contributed by atoms with Gasteiger partial charge in [-0.1, -0.05) is 6.92 Å². The van der Waals surface area contributed by atoms with E-state index in [1.165, 1.54) is 6.92 Å². The van der Waals surface area contributed by atoms with Crippen LogP contribution in [0.1, 0.15) is 26.7 Å². The summed E-state index contributed by atoms with van der Waals surface area (Å²) in [6.07, 6.45) is -13.5. The number of carbonyl (C=O) groups excluding carboxylic acids is 3. The van der Waals surface area contributed by atoms with Gasteiger partial charge in [0.1, 0.15) is 12.1 Å². The van der Waals surface area contributed by atoms with Gasteiger partial charge in [0.05, 0.1) is 12.6 Å². The highest BCUT2D eigenvalue weighted by Gasteiger charge is 2.52. The maximum Gasteiger partial charge on any atom is 0.490 e. The number of alkyl halides is 6. The van der Waals surface area contributed by atoms with Gasteiger partial charge in [0, 0.05) is 6.42 Å². The van der Waals surface area contributed by atoms with Crippen LogP contribution in [0.4, 0.5) is 26.3 Å².